The van der Waals surface area contributed by atoms with Gasteiger partial charge in [0.2, 0.25) is 0 Å². The number of rotatable bonds is 4. The topological polar surface area (TPSA) is 28.2 Å². The first-order valence-electron chi connectivity index (χ1n) is 7.53. The highest BCUT2D eigenvalue weighted by molar-refractivity contribution is 5.47. The first-order valence-corrected chi connectivity index (χ1v) is 7.53. The molecule has 0 unspecified atom stereocenters. The van der Waals surface area contributed by atoms with Crippen LogP contribution in [0.25, 0.3) is 0 Å². The van der Waals surface area contributed by atoms with E-state index in [2.05, 4.69) is 10.3 Å². The molecule has 2 heterocycles. The highest BCUT2D eigenvalue weighted by Crippen LogP contribution is 2.35. The number of halogens is 3. The Bertz CT molecular complexity index is 477. The van der Waals surface area contributed by atoms with Gasteiger partial charge in [0, 0.05) is 37.4 Å². The third-order valence-electron chi connectivity index (χ3n) is 4.28. The molecule has 1 N–H and O–H groups in total. The maximum Gasteiger partial charge on any atom is 0.391 e. The van der Waals surface area contributed by atoms with Crippen LogP contribution >= 0.6 is 0 Å². The number of alkyl halides is 3. The lowest BCUT2D eigenvalue weighted by Crippen LogP contribution is -2.40. The Balaban J connectivity index is 1.64. The molecule has 3 rings (SSSR count). The lowest BCUT2D eigenvalue weighted by molar-refractivity contribution is -0.179. The minimum Gasteiger partial charge on any atom is -0.356 e. The summed E-state index contributed by atoms with van der Waals surface area (Å²) >= 11 is 0. The van der Waals surface area contributed by atoms with Crippen molar-refractivity contribution in [2.75, 3.05) is 18.0 Å². The number of nitrogens with one attached hydrogen (secondary N) is 1. The summed E-state index contributed by atoms with van der Waals surface area (Å²) in [6.07, 6.45) is 0.405. The largest absolute Gasteiger partial charge is 0.391 e. The highest BCUT2D eigenvalue weighted by atomic mass is 19.4. The van der Waals surface area contributed by atoms with Gasteiger partial charge in [-0.25, -0.2) is 4.98 Å². The molecule has 1 aliphatic carbocycles. The van der Waals surface area contributed by atoms with Gasteiger partial charge in [-0.15, -0.1) is 0 Å². The molecule has 116 valence electrons. The number of hydrogen-bond donors (Lipinski definition) is 1. The summed E-state index contributed by atoms with van der Waals surface area (Å²) in [6.45, 7) is 1.60. The molecule has 0 amide bonds. The summed E-state index contributed by atoms with van der Waals surface area (Å²) in [5.74, 6) is -0.322. The van der Waals surface area contributed by atoms with E-state index in [1.165, 1.54) is 12.8 Å². The summed E-state index contributed by atoms with van der Waals surface area (Å²) < 4.78 is 38.2. The van der Waals surface area contributed by atoms with Crippen LogP contribution in [-0.4, -0.2) is 30.3 Å². The quantitative estimate of drug-likeness (QED) is 0.926. The van der Waals surface area contributed by atoms with E-state index in [4.69, 9.17) is 0 Å². The fraction of sp³-hybridized carbons (Fsp3) is 0.667. The molecule has 1 aromatic heterocycles. The van der Waals surface area contributed by atoms with Crippen LogP contribution in [0.3, 0.4) is 0 Å². The molecule has 2 aliphatic rings. The fourth-order valence-corrected chi connectivity index (χ4v) is 2.81. The minimum atomic E-state index is -4.06. The second-order valence-corrected chi connectivity index (χ2v) is 5.94. The summed E-state index contributed by atoms with van der Waals surface area (Å²) in [7, 11) is 0. The predicted molar refractivity (Wildman–Crippen MR) is 75.1 cm³/mol. The molecule has 0 spiro atoms. The van der Waals surface area contributed by atoms with Gasteiger partial charge in [-0.1, -0.05) is 6.07 Å². The van der Waals surface area contributed by atoms with Gasteiger partial charge in [0.25, 0.3) is 0 Å². The molecule has 21 heavy (non-hydrogen) atoms. The monoisotopic (exact) mass is 299 g/mol. The lowest BCUT2D eigenvalue weighted by Gasteiger charge is -2.34. The fourth-order valence-electron chi connectivity index (χ4n) is 2.81. The van der Waals surface area contributed by atoms with E-state index >= 15 is 0 Å². The van der Waals surface area contributed by atoms with Gasteiger partial charge in [-0.3, -0.25) is 0 Å². The summed E-state index contributed by atoms with van der Waals surface area (Å²) in [6, 6.07) is 4.50. The summed E-state index contributed by atoms with van der Waals surface area (Å²) in [5, 5.41) is 3.44. The number of pyridine rings is 1. The molecule has 6 heteroatoms. The Morgan fingerprint density at radius 3 is 2.52 bits per heavy atom. The maximum atomic E-state index is 12.7. The first kappa shape index (κ1) is 14.6. The summed E-state index contributed by atoms with van der Waals surface area (Å²) in [5.41, 5.74) is 1.08. The van der Waals surface area contributed by atoms with Crippen molar-refractivity contribution >= 4 is 5.82 Å². The zero-order valence-corrected chi connectivity index (χ0v) is 11.9. The van der Waals surface area contributed by atoms with Crippen LogP contribution in [0.1, 0.15) is 31.2 Å². The molecular weight excluding hydrogens is 279 g/mol. The van der Waals surface area contributed by atoms with Crippen molar-refractivity contribution in [3.63, 3.8) is 0 Å². The molecule has 2 fully saturated rings. The van der Waals surface area contributed by atoms with E-state index < -0.39 is 12.1 Å². The van der Waals surface area contributed by atoms with Gasteiger partial charge >= 0.3 is 6.18 Å². The van der Waals surface area contributed by atoms with Crippen molar-refractivity contribution in [1.82, 2.24) is 10.3 Å². The third kappa shape index (κ3) is 3.67. The van der Waals surface area contributed by atoms with Crippen LogP contribution in [0.5, 0.6) is 0 Å². The number of aromatic nitrogens is 1. The van der Waals surface area contributed by atoms with Gasteiger partial charge in [-0.2, -0.15) is 13.2 Å². The third-order valence-corrected chi connectivity index (χ3v) is 4.28. The second-order valence-electron chi connectivity index (χ2n) is 5.94. The zero-order chi connectivity index (χ0) is 14.9. The lowest BCUT2D eigenvalue weighted by atomic mass is 9.96. The number of nitrogens with zero attached hydrogens (tertiary/aromatic N) is 2. The molecule has 1 saturated heterocycles. The highest BCUT2D eigenvalue weighted by Gasteiger charge is 2.41. The van der Waals surface area contributed by atoms with Crippen molar-refractivity contribution in [2.45, 2.75) is 44.4 Å². The number of piperidine rings is 1. The molecule has 1 saturated carbocycles. The molecule has 0 aromatic carbocycles. The smallest absolute Gasteiger partial charge is 0.356 e. The van der Waals surface area contributed by atoms with Crippen LogP contribution in [0.4, 0.5) is 19.0 Å². The minimum absolute atomic E-state index is 0.162. The van der Waals surface area contributed by atoms with E-state index in [-0.39, 0.29) is 12.8 Å². The zero-order valence-electron chi connectivity index (χ0n) is 11.9. The van der Waals surface area contributed by atoms with Gasteiger partial charge in [-0.05, 0) is 31.7 Å². The predicted octanol–water partition coefficient (Wildman–Crippen LogP) is 3.11. The van der Waals surface area contributed by atoms with E-state index in [9.17, 15) is 13.2 Å². The standard InChI is InChI=1S/C15H20F3N3/c16-15(17,18)12-5-8-21(9-6-12)14-11(2-1-7-19-14)10-20-13-3-4-13/h1-2,7,12-13,20H,3-6,8-10H2. The SMILES string of the molecule is FC(F)(F)C1CCN(c2ncccc2CNC2CC2)CC1. The Hall–Kier alpha value is -1.30. The van der Waals surface area contributed by atoms with Crippen LogP contribution in [0.15, 0.2) is 18.3 Å². The normalized spacial score (nSPS) is 20.8. The molecule has 0 radical (unpaired) electrons. The Morgan fingerprint density at radius 1 is 1.19 bits per heavy atom. The average molecular weight is 299 g/mol. The van der Waals surface area contributed by atoms with Crippen LogP contribution in [-0.2, 0) is 6.54 Å². The van der Waals surface area contributed by atoms with Gasteiger partial charge in [0.1, 0.15) is 5.82 Å². The molecule has 3 nitrogen and oxygen atoms in total. The van der Waals surface area contributed by atoms with Crippen molar-refractivity contribution in [3.8, 4) is 0 Å². The van der Waals surface area contributed by atoms with Crippen molar-refractivity contribution in [3.05, 3.63) is 23.9 Å². The molecule has 0 bridgehead atoms. The molecule has 0 atom stereocenters. The Morgan fingerprint density at radius 2 is 1.90 bits per heavy atom. The van der Waals surface area contributed by atoms with Crippen molar-refractivity contribution in [2.24, 2.45) is 5.92 Å². The molecular formula is C15H20F3N3. The maximum absolute atomic E-state index is 12.7. The van der Waals surface area contributed by atoms with Gasteiger partial charge < -0.3 is 10.2 Å². The molecule has 1 aliphatic heterocycles. The second kappa shape index (κ2) is 5.83. The van der Waals surface area contributed by atoms with E-state index in [0.29, 0.717) is 19.1 Å². The van der Waals surface area contributed by atoms with E-state index in [1.807, 2.05) is 17.0 Å². The van der Waals surface area contributed by atoms with Crippen LogP contribution < -0.4 is 10.2 Å². The Kier molecular flexibility index (Phi) is 4.06. The number of anilines is 1. The van der Waals surface area contributed by atoms with Gasteiger partial charge in [0.15, 0.2) is 0 Å². The van der Waals surface area contributed by atoms with Crippen LogP contribution in [0, 0.1) is 5.92 Å². The van der Waals surface area contributed by atoms with Crippen molar-refractivity contribution in [1.29, 1.82) is 0 Å². The van der Waals surface area contributed by atoms with Crippen molar-refractivity contribution < 1.29 is 13.2 Å². The average Bonchev–Trinajstić information content (AvgIpc) is 3.29. The van der Waals surface area contributed by atoms with Gasteiger partial charge in [0.05, 0.1) is 5.92 Å². The number of hydrogen-bond acceptors (Lipinski definition) is 3. The Labute approximate surface area is 122 Å². The van der Waals surface area contributed by atoms with Crippen LogP contribution in [0.2, 0.25) is 0 Å². The first-order chi connectivity index (χ1) is 10.0. The van der Waals surface area contributed by atoms with E-state index in [0.717, 1.165) is 17.9 Å². The van der Waals surface area contributed by atoms with E-state index in [1.54, 1.807) is 6.20 Å². The molecule has 1 aromatic rings. The summed E-state index contributed by atoms with van der Waals surface area (Å²) in [4.78, 5) is 6.38.